The number of hydrogen-bond acceptors (Lipinski definition) is 7. The van der Waals surface area contributed by atoms with Gasteiger partial charge in [0.2, 0.25) is 0 Å². The maximum atomic E-state index is 4.83. The average Bonchev–Trinajstić information content (AvgIpc) is 3.43. The third-order valence-electron chi connectivity index (χ3n) is 4.90. The molecule has 6 rings (SSSR count). The van der Waals surface area contributed by atoms with Crippen LogP contribution >= 0.6 is 0 Å². The first-order valence-corrected chi connectivity index (χ1v) is 9.21. The number of H-pyrrole nitrogens is 2. The molecule has 6 heterocycles. The Morgan fingerprint density at radius 3 is 2.57 bits per heavy atom. The van der Waals surface area contributed by atoms with Gasteiger partial charge in [0.05, 0.1) is 17.1 Å². The number of nitrogens with zero attached hydrogens (tertiary/aromatic N) is 7. The SMILES string of the molecule is c1cncc(-c2cncc3[nH]c(-c4n[nH]c5ncc(-c6cncnc6)cc45)nc23)c1. The summed E-state index contributed by atoms with van der Waals surface area (Å²) in [6.45, 7) is 0. The van der Waals surface area contributed by atoms with Gasteiger partial charge in [-0.25, -0.2) is 19.9 Å². The number of rotatable bonds is 3. The third kappa shape index (κ3) is 2.60. The lowest BCUT2D eigenvalue weighted by Gasteiger charge is -2.00. The van der Waals surface area contributed by atoms with Crippen LogP contribution in [-0.2, 0) is 0 Å². The summed E-state index contributed by atoms with van der Waals surface area (Å²) in [4.78, 5) is 29.4. The molecule has 0 aliphatic carbocycles. The molecule has 9 nitrogen and oxygen atoms in total. The number of hydrogen-bond donors (Lipinski definition) is 2. The number of aromatic nitrogens is 9. The zero-order valence-electron chi connectivity index (χ0n) is 15.5. The summed E-state index contributed by atoms with van der Waals surface area (Å²) in [6, 6.07) is 5.89. The molecule has 0 saturated heterocycles. The Kier molecular flexibility index (Phi) is 3.57. The van der Waals surface area contributed by atoms with Gasteiger partial charge in [0.15, 0.2) is 11.5 Å². The molecule has 0 aliphatic rings. The lowest BCUT2D eigenvalue weighted by Crippen LogP contribution is -1.86. The zero-order chi connectivity index (χ0) is 19.9. The highest BCUT2D eigenvalue weighted by molar-refractivity contribution is 5.96. The molecule has 0 fully saturated rings. The van der Waals surface area contributed by atoms with Gasteiger partial charge in [-0.05, 0) is 12.1 Å². The number of imidazole rings is 1. The molecule has 6 aromatic rings. The highest BCUT2D eigenvalue weighted by Gasteiger charge is 2.16. The molecule has 0 aliphatic heterocycles. The van der Waals surface area contributed by atoms with E-state index in [4.69, 9.17) is 4.98 Å². The molecule has 0 aromatic carbocycles. The summed E-state index contributed by atoms with van der Waals surface area (Å²) < 4.78 is 0. The Bertz CT molecular complexity index is 1490. The van der Waals surface area contributed by atoms with Gasteiger partial charge in [-0.1, -0.05) is 6.07 Å². The molecule has 0 spiro atoms. The largest absolute Gasteiger partial charge is 0.335 e. The van der Waals surface area contributed by atoms with Gasteiger partial charge < -0.3 is 4.98 Å². The van der Waals surface area contributed by atoms with Gasteiger partial charge in [-0.3, -0.25) is 15.1 Å². The Labute approximate surface area is 169 Å². The first-order valence-electron chi connectivity index (χ1n) is 9.21. The normalized spacial score (nSPS) is 11.3. The number of nitrogens with one attached hydrogen (secondary N) is 2. The van der Waals surface area contributed by atoms with Gasteiger partial charge in [0.25, 0.3) is 0 Å². The van der Waals surface area contributed by atoms with Crippen LogP contribution in [0.1, 0.15) is 0 Å². The second-order valence-corrected chi connectivity index (χ2v) is 6.73. The van der Waals surface area contributed by atoms with Crippen LogP contribution in [0.4, 0.5) is 0 Å². The topological polar surface area (TPSA) is 122 Å². The standard InChI is InChI=1S/C21H13N9/c1-2-12(5-22-3-1)16-9-23-10-17-18(16)28-21(27-17)19-15-4-13(8-26-20(15)30-29-19)14-6-24-11-25-7-14/h1-11H,(H,27,28)(H,26,29,30). The molecule has 6 aromatic heterocycles. The molecule has 9 heteroatoms. The quantitative estimate of drug-likeness (QED) is 0.474. The summed E-state index contributed by atoms with van der Waals surface area (Å²) in [5, 5.41) is 8.28. The smallest absolute Gasteiger partial charge is 0.159 e. The molecule has 0 radical (unpaired) electrons. The van der Waals surface area contributed by atoms with Crippen molar-refractivity contribution in [3.63, 3.8) is 0 Å². The summed E-state index contributed by atoms with van der Waals surface area (Å²) in [5.74, 6) is 0.637. The summed E-state index contributed by atoms with van der Waals surface area (Å²) >= 11 is 0. The molecule has 0 bridgehead atoms. The van der Waals surface area contributed by atoms with E-state index in [9.17, 15) is 0 Å². The van der Waals surface area contributed by atoms with Crippen LogP contribution in [0, 0.1) is 0 Å². The van der Waals surface area contributed by atoms with Crippen molar-refractivity contribution >= 4 is 22.1 Å². The lowest BCUT2D eigenvalue weighted by atomic mass is 10.1. The van der Waals surface area contributed by atoms with Crippen molar-refractivity contribution in [2.75, 3.05) is 0 Å². The van der Waals surface area contributed by atoms with Crippen molar-refractivity contribution in [3.05, 3.63) is 67.9 Å². The molecule has 0 saturated carbocycles. The second-order valence-electron chi connectivity index (χ2n) is 6.73. The minimum atomic E-state index is 0.637. The van der Waals surface area contributed by atoms with Gasteiger partial charge in [-0.2, -0.15) is 5.10 Å². The van der Waals surface area contributed by atoms with Gasteiger partial charge in [0.1, 0.15) is 17.5 Å². The van der Waals surface area contributed by atoms with Crippen LogP contribution < -0.4 is 0 Å². The molecule has 2 N–H and O–H groups in total. The molecular weight excluding hydrogens is 378 g/mol. The average molecular weight is 391 g/mol. The summed E-state index contributed by atoms with van der Waals surface area (Å²) in [7, 11) is 0. The molecule has 142 valence electrons. The van der Waals surface area contributed by atoms with E-state index < -0.39 is 0 Å². The van der Waals surface area contributed by atoms with Crippen LogP contribution in [0.2, 0.25) is 0 Å². The van der Waals surface area contributed by atoms with E-state index in [2.05, 4.69) is 40.1 Å². The molecule has 0 atom stereocenters. The summed E-state index contributed by atoms with van der Waals surface area (Å²) in [5.41, 5.74) is 6.64. The third-order valence-corrected chi connectivity index (χ3v) is 4.90. The van der Waals surface area contributed by atoms with E-state index in [0.29, 0.717) is 17.2 Å². The van der Waals surface area contributed by atoms with Crippen molar-refractivity contribution in [3.8, 4) is 33.8 Å². The monoisotopic (exact) mass is 391 g/mol. The molecular formula is C21H13N9. The first kappa shape index (κ1) is 16.4. The lowest BCUT2D eigenvalue weighted by molar-refractivity contribution is 1.09. The maximum Gasteiger partial charge on any atom is 0.159 e. The first-order chi connectivity index (χ1) is 14.9. The maximum absolute atomic E-state index is 4.83. The molecule has 0 unspecified atom stereocenters. The fraction of sp³-hybridized carbons (Fsp3) is 0. The number of aromatic amines is 2. The molecule has 0 amide bonds. The minimum Gasteiger partial charge on any atom is -0.335 e. The Balaban J connectivity index is 1.52. The minimum absolute atomic E-state index is 0.637. The predicted octanol–water partition coefficient (Wildman–Crippen LogP) is 3.42. The van der Waals surface area contributed by atoms with E-state index in [1.807, 2.05) is 18.2 Å². The van der Waals surface area contributed by atoms with Crippen LogP contribution in [0.25, 0.3) is 55.8 Å². The van der Waals surface area contributed by atoms with Gasteiger partial charge in [0, 0.05) is 59.4 Å². The van der Waals surface area contributed by atoms with Crippen molar-refractivity contribution in [2.24, 2.45) is 0 Å². The van der Waals surface area contributed by atoms with E-state index in [-0.39, 0.29) is 0 Å². The van der Waals surface area contributed by atoms with Crippen LogP contribution in [0.15, 0.2) is 67.9 Å². The molecule has 30 heavy (non-hydrogen) atoms. The van der Waals surface area contributed by atoms with Gasteiger partial charge >= 0.3 is 0 Å². The summed E-state index contributed by atoms with van der Waals surface area (Å²) in [6.07, 6.45) is 13.9. The highest BCUT2D eigenvalue weighted by atomic mass is 15.2. The van der Waals surface area contributed by atoms with Crippen molar-refractivity contribution < 1.29 is 0 Å². The fourth-order valence-corrected chi connectivity index (χ4v) is 3.47. The van der Waals surface area contributed by atoms with E-state index >= 15 is 0 Å². The van der Waals surface area contributed by atoms with Crippen LogP contribution in [-0.4, -0.2) is 45.1 Å². The second kappa shape index (κ2) is 6.52. The Hall–Kier alpha value is -4.53. The van der Waals surface area contributed by atoms with Crippen molar-refractivity contribution in [1.82, 2.24) is 45.1 Å². The van der Waals surface area contributed by atoms with Crippen molar-refractivity contribution in [1.29, 1.82) is 0 Å². The fourth-order valence-electron chi connectivity index (χ4n) is 3.47. The van der Waals surface area contributed by atoms with Crippen LogP contribution in [0.3, 0.4) is 0 Å². The number of pyridine rings is 3. The number of fused-ring (bicyclic) bond motifs is 2. The van der Waals surface area contributed by atoms with Gasteiger partial charge in [-0.15, -0.1) is 0 Å². The zero-order valence-corrected chi connectivity index (χ0v) is 15.5. The Morgan fingerprint density at radius 2 is 1.70 bits per heavy atom. The van der Waals surface area contributed by atoms with E-state index in [1.54, 1.807) is 43.4 Å². The highest BCUT2D eigenvalue weighted by Crippen LogP contribution is 2.31. The van der Waals surface area contributed by atoms with Crippen LogP contribution in [0.5, 0.6) is 0 Å². The predicted molar refractivity (Wildman–Crippen MR) is 111 cm³/mol. The van der Waals surface area contributed by atoms with E-state index in [0.717, 1.165) is 38.7 Å². The Morgan fingerprint density at radius 1 is 0.800 bits per heavy atom. The van der Waals surface area contributed by atoms with Crippen molar-refractivity contribution in [2.45, 2.75) is 0 Å². The van der Waals surface area contributed by atoms with E-state index in [1.165, 1.54) is 6.33 Å².